The molecule has 1 unspecified atom stereocenters. The van der Waals surface area contributed by atoms with Gasteiger partial charge in [0.25, 0.3) is 0 Å². The molecule has 0 saturated heterocycles. The number of fused-ring (bicyclic) bond motifs is 1. The Kier molecular flexibility index (Phi) is 6.83. The number of thiocarbonyl (C=S) groups is 1. The maximum atomic E-state index is 12.7. The third-order valence-corrected chi connectivity index (χ3v) is 5.16. The zero-order chi connectivity index (χ0) is 17.5. The van der Waals surface area contributed by atoms with E-state index in [1.54, 1.807) is 0 Å². The van der Waals surface area contributed by atoms with E-state index in [1.807, 2.05) is 38.1 Å². The molecule has 4 nitrogen and oxygen atoms in total. The van der Waals surface area contributed by atoms with E-state index in [0.29, 0.717) is 30.3 Å². The van der Waals surface area contributed by atoms with E-state index >= 15 is 0 Å². The van der Waals surface area contributed by atoms with Crippen LogP contribution in [-0.4, -0.2) is 27.0 Å². The second-order valence-electron chi connectivity index (χ2n) is 5.42. The van der Waals surface area contributed by atoms with E-state index in [4.69, 9.17) is 22.2 Å². The van der Waals surface area contributed by atoms with Crippen molar-refractivity contribution < 1.29 is 9.53 Å². The van der Waals surface area contributed by atoms with Gasteiger partial charge in [0.2, 0.25) is 4.38 Å². The Morgan fingerprint density at radius 1 is 1.46 bits per heavy atom. The normalized spacial score (nSPS) is 11.9. The zero-order valence-corrected chi connectivity index (χ0v) is 15.4. The number of Topliss-reactive ketones (excluding diaryl/α,β-unsaturated/α-hetero) is 1. The molecule has 0 amide bonds. The number of carbonyl (C=O) groups is 1. The van der Waals surface area contributed by atoms with Crippen molar-refractivity contribution in [2.45, 2.75) is 38.4 Å². The number of ketones is 1. The minimum Gasteiger partial charge on any atom is -0.479 e. The number of nitrogens with one attached hydrogen (secondary N) is 1. The second-order valence-corrected chi connectivity index (χ2v) is 7.32. The van der Waals surface area contributed by atoms with Gasteiger partial charge >= 0.3 is 0 Å². The fourth-order valence-corrected chi connectivity index (χ4v) is 4.02. The minimum atomic E-state index is -0.0245. The van der Waals surface area contributed by atoms with Gasteiger partial charge in [-0.3, -0.25) is 4.79 Å². The van der Waals surface area contributed by atoms with Crippen molar-refractivity contribution in [2.24, 2.45) is 0 Å². The highest BCUT2D eigenvalue weighted by Gasteiger charge is 2.19. The molecule has 0 aliphatic rings. The molecule has 2 rings (SSSR count). The van der Waals surface area contributed by atoms with Gasteiger partial charge in [0.15, 0.2) is 5.78 Å². The number of nitrogens with zero attached hydrogens (tertiary/aromatic N) is 1. The molecule has 0 bridgehead atoms. The van der Waals surface area contributed by atoms with Gasteiger partial charge in [-0.05, 0) is 38.6 Å². The van der Waals surface area contributed by atoms with Crippen LogP contribution < -0.4 is 0 Å². The molecule has 1 N–H and O–H groups in total. The van der Waals surface area contributed by atoms with Crippen molar-refractivity contribution in [2.75, 3.05) is 6.61 Å². The summed E-state index contributed by atoms with van der Waals surface area (Å²) >= 11 is 6.50. The van der Waals surface area contributed by atoms with Crippen LogP contribution in [0.3, 0.4) is 0 Å². The number of aromatic nitrogens is 1. The number of aryl methyl sites for hydroxylation is 1. The van der Waals surface area contributed by atoms with Crippen molar-refractivity contribution in [3.8, 4) is 6.07 Å². The van der Waals surface area contributed by atoms with Crippen LogP contribution in [0.25, 0.3) is 10.9 Å². The van der Waals surface area contributed by atoms with E-state index in [-0.39, 0.29) is 11.0 Å². The van der Waals surface area contributed by atoms with Crippen LogP contribution in [-0.2, 0) is 4.74 Å². The summed E-state index contributed by atoms with van der Waals surface area (Å²) in [6, 6.07) is 9.96. The third kappa shape index (κ3) is 4.59. The van der Waals surface area contributed by atoms with Crippen molar-refractivity contribution in [3.63, 3.8) is 0 Å². The summed E-state index contributed by atoms with van der Waals surface area (Å²) in [6.45, 7) is 4.30. The number of ether oxygens (including phenoxy) is 1. The quantitative estimate of drug-likeness (QED) is 0.569. The lowest BCUT2D eigenvalue weighted by Crippen LogP contribution is -2.11. The summed E-state index contributed by atoms with van der Waals surface area (Å²) in [5, 5.41) is 9.91. The summed E-state index contributed by atoms with van der Waals surface area (Å²) in [6.07, 6.45) is 1.33. The molecule has 1 atom stereocenters. The number of hydrogen-bond donors (Lipinski definition) is 1. The first-order chi connectivity index (χ1) is 11.6. The molecule has 1 heterocycles. The van der Waals surface area contributed by atoms with Gasteiger partial charge < -0.3 is 9.72 Å². The molecule has 1 aromatic heterocycles. The zero-order valence-electron chi connectivity index (χ0n) is 13.8. The molecule has 0 spiro atoms. The number of benzene rings is 1. The summed E-state index contributed by atoms with van der Waals surface area (Å²) in [5.41, 5.74) is 2.60. The average molecular weight is 361 g/mol. The molecule has 0 aliphatic heterocycles. The Hall–Kier alpha value is -1.84. The lowest BCUT2D eigenvalue weighted by atomic mass is 10.0. The van der Waals surface area contributed by atoms with Crippen LogP contribution in [0.2, 0.25) is 0 Å². The van der Waals surface area contributed by atoms with Gasteiger partial charge in [-0.1, -0.05) is 30.0 Å². The van der Waals surface area contributed by atoms with Gasteiger partial charge in [0, 0.05) is 40.3 Å². The van der Waals surface area contributed by atoms with E-state index < -0.39 is 0 Å². The van der Waals surface area contributed by atoms with Crippen molar-refractivity contribution in [1.82, 2.24) is 4.98 Å². The van der Waals surface area contributed by atoms with Crippen LogP contribution in [0.4, 0.5) is 0 Å². The second kappa shape index (κ2) is 8.86. The molecule has 24 heavy (non-hydrogen) atoms. The van der Waals surface area contributed by atoms with Crippen molar-refractivity contribution >= 4 is 45.0 Å². The van der Waals surface area contributed by atoms with Gasteiger partial charge in [0.1, 0.15) is 0 Å². The van der Waals surface area contributed by atoms with Crippen molar-refractivity contribution in [3.05, 3.63) is 35.5 Å². The van der Waals surface area contributed by atoms with Gasteiger partial charge in [-0.25, -0.2) is 0 Å². The number of aromatic amines is 1. The van der Waals surface area contributed by atoms with Gasteiger partial charge in [-0.15, -0.1) is 0 Å². The van der Waals surface area contributed by atoms with Crippen LogP contribution in [0.5, 0.6) is 0 Å². The van der Waals surface area contributed by atoms with Gasteiger partial charge in [-0.2, -0.15) is 5.26 Å². The Balaban J connectivity index is 2.06. The molecular weight excluding hydrogens is 340 g/mol. The number of hydrogen-bond acceptors (Lipinski definition) is 5. The Morgan fingerprint density at radius 2 is 2.21 bits per heavy atom. The topological polar surface area (TPSA) is 65.9 Å². The van der Waals surface area contributed by atoms with Crippen LogP contribution in [0, 0.1) is 18.3 Å². The first-order valence-electron chi connectivity index (χ1n) is 7.87. The fourth-order valence-electron chi connectivity index (χ4n) is 2.65. The van der Waals surface area contributed by atoms with E-state index in [9.17, 15) is 4.79 Å². The molecular formula is C18H20N2O2S2. The Labute approximate surface area is 151 Å². The molecule has 2 aromatic rings. The highest BCUT2D eigenvalue weighted by Crippen LogP contribution is 2.27. The molecule has 6 heteroatoms. The summed E-state index contributed by atoms with van der Waals surface area (Å²) in [5.74, 6) is 0.0934. The number of rotatable bonds is 7. The molecule has 0 aliphatic carbocycles. The Bertz CT molecular complexity index is 777. The van der Waals surface area contributed by atoms with E-state index in [2.05, 4.69) is 11.1 Å². The summed E-state index contributed by atoms with van der Waals surface area (Å²) < 4.78 is 5.71. The number of thioether (sulfide) groups is 1. The predicted molar refractivity (Wildman–Crippen MR) is 102 cm³/mol. The van der Waals surface area contributed by atoms with Crippen LogP contribution >= 0.6 is 24.0 Å². The highest BCUT2D eigenvalue weighted by atomic mass is 32.2. The number of carbonyl (C=O) groups excluding carboxylic acids is 1. The Morgan fingerprint density at radius 3 is 2.92 bits per heavy atom. The first kappa shape index (κ1) is 18.5. The molecule has 0 radical (unpaired) electrons. The smallest absolute Gasteiger partial charge is 0.220 e. The SMILES string of the molecule is CCOC(=S)SC(CC#N)CCC(=O)c1c(C)[nH]c2ccccc12. The number of para-hydroxylation sites is 1. The standard InChI is InChI=1S/C18H20N2O2S2/c1-3-22-18(23)24-13(10-11-19)8-9-16(21)17-12(2)20-15-7-5-4-6-14(15)17/h4-7,13,20H,3,8-10H2,1-2H3. The molecule has 0 saturated carbocycles. The lowest BCUT2D eigenvalue weighted by Gasteiger charge is -2.13. The van der Waals surface area contributed by atoms with Gasteiger partial charge in [0.05, 0.1) is 12.7 Å². The largest absolute Gasteiger partial charge is 0.479 e. The summed E-state index contributed by atoms with van der Waals surface area (Å²) in [4.78, 5) is 15.9. The first-order valence-corrected chi connectivity index (χ1v) is 9.16. The maximum absolute atomic E-state index is 12.7. The summed E-state index contributed by atoms with van der Waals surface area (Å²) in [7, 11) is 0. The fraction of sp³-hybridized carbons (Fsp3) is 0.389. The lowest BCUT2D eigenvalue weighted by molar-refractivity contribution is 0.0981. The maximum Gasteiger partial charge on any atom is 0.220 e. The monoisotopic (exact) mass is 360 g/mol. The minimum absolute atomic E-state index is 0.0245. The highest BCUT2D eigenvalue weighted by molar-refractivity contribution is 8.23. The third-order valence-electron chi connectivity index (χ3n) is 3.71. The van der Waals surface area contributed by atoms with Crippen LogP contribution in [0.1, 0.15) is 42.2 Å². The molecule has 1 aromatic carbocycles. The van der Waals surface area contributed by atoms with Crippen molar-refractivity contribution in [1.29, 1.82) is 5.26 Å². The van der Waals surface area contributed by atoms with E-state index in [0.717, 1.165) is 22.2 Å². The molecule has 126 valence electrons. The average Bonchev–Trinajstić information content (AvgIpc) is 2.88. The van der Waals surface area contributed by atoms with Crippen LogP contribution in [0.15, 0.2) is 24.3 Å². The predicted octanol–water partition coefficient (Wildman–Crippen LogP) is 4.78. The number of nitriles is 1. The van der Waals surface area contributed by atoms with E-state index in [1.165, 1.54) is 11.8 Å². The number of H-pyrrole nitrogens is 1. The molecule has 0 fully saturated rings.